The first-order chi connectivity index (χ1) is 8.72. The number of nitrogens with zero attached hydrogens (tertiary/aromatic N) is 4. The number of hydrogen-bond donors (Lipinski definition) is 0. The second-order valence-electron chi connectivity index (χ2n) is 3.75. The number of hydrogen-bond acceptors (Lipinski definition) is 4. The quantitative estimate of drug-likeness (QED) is 0.730. The molecule has 0 aliphatic carbocycles. The lowest BCUT2D eigenvalue weighted by molar-refractivity contribution is 0.473. The third-order valence-electron chi connectivity index (χ3n) is 2.41. The van der Waals surface area contributed by atoms with Crippen molar-refractivity contribution in [3.05, 3.63) is 47.3 Å². The molecule has 0 N–H and O–H groups in total. The highest BCUT2D eigenvalue weighted by Crippen LogP contribution is 2.26. The zero-order valence-electron chi connectivity index (χ0n) is 9.54. The number of aromatic nitrogens is 4. The van der Waals surface area contributed by atoms with E-state index in [0.29, 0.717) is 17.3 Å². The van der Waals surface area contributed by atoms with Gasteiger partial charge in [0, 0.05) is 18.5 Å². The Bertz CT molecular complexity index is 693. The van der Waals surface area contributed by atoms with Gasteiger partial charge in [0.25, 0.3) is 0 Å². The van der Waals surface area contributed by atoms with Crippen LogP contribution in [-0.4, -0.2) is 19.4 Å². The molecule has 0 aromatic carbocycles. The summed E-state index contributed by atoms with van der Waals surface area (Å²) in [5.41, 5.74) is 0.850. The van der Waals surface area contributed by atoms with Gasteiger partial charge in [-0.3, -0.25) is 0 Å². The van der Waals surface area contributed by atoms with Crippen molar-refractivity contribution >= 4 is 21.6 Å². The lowest BCUT2D eigenvalue weighted by Crippen LogP contribution is -1.92. The number of imidazole rings is 1. The summed E-state index contributed by atoms with van der Waals surface area (Å²) in [5, 5.41) is 0. The van der Waals surface area contributed by atoms with Crippen LogP contribution >= 0.6 is 15.9 Å². The van der Waals surface area contributed by atoms with Crippen LogP contribution in [0.15, 0.2) is 41.5 Å². The minimum absolute atomic E-state index is 0.604. The normalized spacial score (nSPS) is 10.8. The third kappa shape index (κ3) is 2.06. The molecule has 0 radical (unpaired) electrons. The van der Waals surface area contributed by atoms with Gasteiger partial charge in [-0.1, -0.05) is 0 Å². The first kappa shape index (κ1) is 11.2. The number of halogens is 1. The molecule has 0 amide bonds. The lowest BCUT2D eigenvalue weighted by Gasteiger charge is -2.06. The second kappa shape index (κ2) is 4.38. The lowest BCUT2D eigenvalue weighted by atomic mass is 10.4. The maximum Gasteiger partial charge on any atom is 0.164 e. The third-order valence-corrected chi connectivity index (χ3v) is 2.99. The molecule has 0 aliphatic heterocycles. The highest BCUT2D eigenvalue weighted by atomic mass is 79.9. The molecule has 3 aromatic heterocycles. The van der Waals surface area contributed by atoms with Crippen molar-refractivity contribution in [1.29, 1.82) is 0 Å². The minimum Gasteiger partial charge on any atom is -0.453 e. The summed E-state index contributed by atoms with van der Waals surface area (Å²) in [6.45, 7) is 1.83. The molecule has 0 bridgehead atoms. The average molecular weight is 305 g/mol. The molecule has 0 atom stereocenters. The SMILES string of the molecule is Cc1ncc(Oc2cc(Br)c3nccn3c2)cn1. The Labute approximate surface area is 112 Å². The summed E-state index contributed by atoms with van der Waals surface area (Å²) in [5.74, 6) is 2.01. The fraction of sp³-hybridized carbons (Fsp3) is 0.0833. The Morgan fingerprint density at radius 1 is 1.17 bits per heavy atom. The molecule has 90 valence electrons. The monoisotopic (exact) mass is 304 g/mol. The predicted octanol–water partition coefficient (Wildman–Crippen LogP) is 2.99. The second-order valence-corrected chi connectivity index (χ2v) is 4.60. The van der Waals surface area contributed by atoms with Gasteiger partial charge in [-0.25, -0.2) is 15.0 Å². The van der Waals surface area contributed by atoms with Crippen LogP contribution in [0.3, 0.4) is 0 Å². The van der Waals surface area contributed by atoms with E-state index in [1.54, 1.807) is 18.6 Å². The first-order valence-electron chi connectivity index (χ1n) is 5.31. The van der Waals surface area contributed by atoms with Gasteiger partial charge < -0.3 is 9.14 Å². The number of ether oxygens (including phenoxy) is 1. The van der Waals surface area contributed by atoms with E-state index in [1.165, 1.54) is 0 Å². The molecule has 0 aliphatic rings. The number of aryl methyl sites for hydroxylation is 1. The van der Waals surface area contributed by atoms with E-state index in [1.807, 2.05) is 29.8 Å². The fourth-order valence-electron chi connectivity index (χ4n) is 1.59. The van der Waals surface area contributed by atoms with E-state index < -0.39 is 0 Å². The van der Waals surface area contributed by atoms with Gasteiger partial charge in [0.15, 0.2) is 11.4 Å². The van der Waals surface area contributed by atoms with Crippen molar-refractivity contribution in [3.63, 3.8) is 0 Å². The van der Waals surface area contributed by atoms with Gasteiger partial charge in [-0.2, -0.15) is 0 Å². The fourth-order valence-corrected chi connectivity index (χ4v) is 2.12. The van der Waals surface area contributed by atoms with Crippen molar-refractivity contribution in [3.8, 4) is 11.5 Å². The maximum atomic E-state index is 5.69. The van der Waals surface area contributed by atoms with Crippen LogP contribution in [0.25, 0.3) is 5.65 Å². The molecule has 0 saturated carbocycles. The van der Waals surface area contributed by atoms with Gasteiger partial charge in [0.2, 0.25) is 0 Å². The highest BCUT2D eigenvalue weighted by Gasteiger charge is 2.05. The minimum atomic E-state index is 0.604. The Morgan fingerprint density at radius 3 is 2.72 bits per heavy atom. The number of rotatable bonds is 2. The van der Waals surface area contributed by atoms with Crippen molar-refractivity contribution in [1.82, 2.24) is 19.4 Å². The maximum absolute atomic E-state index is 5.69. The summed E-state index contributed by atoms with van der Waals surface area (Å²) in [7, 11) is 0. The Balaban J connectivity index is 1.97. The van der Waals surface area contributed by atoms with Crippen LogP contribution in [0, 0.1) is 6.92 Å². The first-order valence-corrected chi connectivity index (χ1v) is 6.10. The molecule has 3 heterocycles. The molecular weight excluding hydrogens is 296 g/mol. The molecule has 6 heteroatoms. The smallest absolute Gasteiger partial charge is 0.164 e. The molecule has 3 rings (SSSR count). The molecule has 0 saturated heterocycles. The van der Waals surface area contributed by atoms with Gasteiger partial charge in [-0.15, -0.1) is 0 Å². The van der Waals surface area contributed by atoms with Crippen molar-refractivity contribution in [2.45, 2.75) is 6.92 Å². The topological polar surface area (TPSA) is 52.3 Å². The van der Waals surface area contributed by atoms with E-state index in [4.69, 9.17) is 4.74 Å². The van der Waals surface area contributed by atoms with E-state index in [9.17, 15) is 0 Å². The van der Waals surface area contributed by atoms with Crippen molar-refractivity contribution in [2.75, 3.05) is 0 Å². The van der Waals surface area contributed by atoms with E-state index >= 15 is 0 Å². The Kier molecular flexibility index (Phi) is 2.71. The number of pyridine rings is 1. The highest BCUT2D eigenvalue weighted by molar-refractivity contribution is 9.10. The van der Waals surface area contributed by atoms with Crippen LogP contribution in [0.5, 0.6) is 11.5 Å². The largest absolute Gasteiger partial charge is 0.453 e. The molecule has 0 fully saturated rings. The molecule has 5 nitrogen and oxygen atoms in total. The summed E-state index contributed by atoms with van der Waals surface area (Å²) < 4.78 is 8.44. The Hall–Kier alpha value is -1.95. The van der Waals surface area contributed by atoms with Crippen molar-refractivity contribution in [2.24, 2.45) is 0 Å². The Morgan fingerprint density at radius 2 is 1.94 bits per heavy atom. The van der Waals surface area contributed by atoms with Crippen LogP contribution < -0.4 is 4.74 Å². The van der Waals surface area contributed by atoms with Crippen LogP contribution in [0.4, 0.5) is 0 Å². The summed E-state index contributed by atoms with van der Waals surface area (Å²) >= 11 is 3.46. The average Bonchev–Trinajstić information content (AvgIpc) is 2.81. The molecule has 3 aromatic rings. The predicted molar refractivity (Wildman–Crippen MR) is 69.7 cm³/mol. The van der Waals surface area contributed by atoms with E-state index in [2.05, 4.69) is 30.9 Å². The van der Waals surface area contributed by atoms with Gasteiger partial charge in [-0.05, 0) is 22.9 Å². The number of fused-ring (bicyclic) bond motifs is 1. The van der Waals surface area contributed by atoms with Crippen molar-refractivity contribution < 1.29 is 4.74 Å². The molecule has 0 unspecified atom stereocenters. The van der Waals surface area contributed by atoms with Crippen LogP contribution in [0.1, 0.15) is 5.82 Å². The standard InChI is InChI=1S/C12H9BrN4O/c1-8-15-5-10(6-16-8)18-9-4-11(13)12-14-2-3-17(12)7-9/h2-7H,1H3. The van der Waals surface area contributed by atoms with Gasteiger partial charge in [0.05, 0.1) is 23.1 Å². The summed E-state index contributed by atoms with van der Waals surface area (Å²) in [6.07, 6.45) is 8.74. The summed E-state index contributed by atoms with van der Waals surface area (Å²) in [6, 6.07) is 1.86. The van der Waals surface area contributed by atoms with E-state index in [-0.39, 0.29) is 0 Å². The van der Waals surface area contributed by atoms with Gasteiger partial charge in [0.1, 0.15) is 11.6 Å². The summed E-state index contributed by atoms with van der Waals surface area (Å²) in [4.78, 5) is 12.4. The molecule has 0 spiro atoms. The van der Waals surface area contributed by atoms with Gasteiger partial charge >= 0.3 is 0 Å². The van der Waals surface area contributed by atoms with Crippen LogP contribution in [0.2, 0.25) is 0 Å². The molecule has 18 heavy (non-hydrogen) atoms. The molecular formula is C12H9BrN4O. The van der Waals surface area contributed by atoms with E-state index in [0.717, 1.165) is 10.1 Å². The zero-order chi connectivity index (χ0) is 12.5. The van der Waals surface area contributed by atoms with Crippen LogP contribution in [-0.2, 0) is 0 Å². The zero-order valence-corrected chi connectivity index (χ0v) is 11.1.